The molecule has 2 nitrogen and oxygen atoms in total. The Morgan fingerprint density at radius 3 is 2.73 bits per heavy atom. The standard InChI is InChI=1S/C13H25NO/c1-10-3-2-4-11(7-10)8-14-9-13(15)12-5-6-12/h10-15H,2-9H2,1H3. The van der Waals surface area contributed by atoms with E-state index in [1.165, 1.54) is 38.5 Å². The van der Waals surface area contributed by atoms with E-state index in [9.17, 15) is 5.11 Å². The zero-order valence-corrected chi connectivity index (χ0v) is 9.91. The smallest absolute Gasteiger partial charge is 0.0692 e. The molecule has 0 bridgehead atoms. The summed E-state index contributed by atoms with van der Waals surface area (Å²) in [6.07, 6.45) is 7.99. The maximum Gasteiger partial charge on any atom is 0.0692 e. The van der Waals surface area contributed by atoms with Gasteiger partial charge in [-0.2, -0.15) is 0 Å². The minimum Gasteiger partial charge on any atom is -0.392 e. The Labute approximate surface area is 93.5 Å². The third-order valence-corrected chi connectivity index (χ3v) is 4.00. The molecule has 0 spiro atoms. The summed E-state index contributed by atoms with van der Waals surface area (Å²) in [4.78, 5) is 0. The average molecular weight is 211 g/mol. The highest BCUT2D eigenvalue weighted by Gasteiger charge is 2.29. The number of aliphatic hydroxyl groups is 1. The second-order valence-electron chi connectivity index (χ2n) is 5.70. The van der Waals surface area contributed by atoms with Gasteiger partial charge >= 0.3 is 0 Å². The molecule has 0 heterocycles. The van der Waals surface area contributed by atoms with Crippen molar-refractivity contribution in [1.29, 1.82) is 0 Å². The van der Waals surface area contributed by atoms with Crippen molar-refractivity contribution in [2.24, 2.45) is 17.8 Å². The van der Waals surface area contributed by atoms with Gasteiger partial charge in [0.15, 0.2) is 0 Å². The molecular formula is C13H25NO. The van der Waals surface area contributed by atoms with Crippen LogP contribution in [0.4, 0.5) is 0 Å². The van der Waals surface area contributed by atoms with Gasteiger partial charge in [0.25, 0.3) is 0 Å². The molecule has 15 heavy (non-hydrogen) atoms. The number of aliphatic hydroxyl groups excluding tert-OH is 1. The van der Waals surface area contributed by atoms with Gasteiger partial charge in [-0.25, -0.2) is 0 Å². The normalized spacial score (nSPS) is 34.0. The van der Waals surface area contributed by atoms with E-state index >= 15 is 0 Å². The maximum absolute atomic E-state index is 9.71. The van der Waals surface area contributed by atoms with Crippen molar-refractivity contribution in [1.82, 2.24) is 5.32 Å². The van der Waals surface area contributed by atoms with E-state index in [2.05, 4.69) is 12.2 Å². The fourth-order valence-corrected chi connectivity index (χ4v) is 2.83. The molecule has 2 fully saturated rings. The van der Waals surface area contributed by atoms with Crippen LogP contribution in [-0.2, 0) is 0 Å². The molecule has 3 atom stereocenters. The summed E-state index contributed by atoms with van der Waals surface area (Å²) in [5.41, 5.74) is 0. The second kappa shape index (κ2) is 5.31. The van der Waals surface area contributed by atoms with Crippen molar-refractivity contribution in [3.8, 4) is 0 Å². The van der Waals surface area contributed by atoms with Gasteiger partial charge in [-0.3, -0.25) is 0 Å². The Bertz CT molecular complexity index is 191. The molecule has 2 saturated carbocycles. The van der Waals surface area contributed by atoms with Crippen LogP contribution >= 0.6 is 0 Å². The summed E-state index contributed by atoms with van der Waals surface area (Å²) >= 11 is 0. The molecule has 2 heteroatoms. The van der Waals surface area contributed by atoms with Crippen molar-refractivity contribution in [2.45, 2.75) is 51.6 Å². The molecule has 0 saturated heterocycles. The van der Waals surface area contributed by atoms with Crippen molar-refractivity contribution in [3.05, 3.63) is 0 Å². The summed E-state index contributed by atoms with van der Waals surface area (Å²) in [7, 11) is 0. The van der Waals surface area contributed by atoms with Crippen molar-refractivity contribution in [2.75, 3.05) is 13.1 Å². The molecular weight excluding hydrogens is 186 g/mol. The monoisotopic (exact) mass is 211 g/mol. The lowest BCUT2D eigenvalue weighted by Gasteiger charge is -2.27. The summed E-state index contributed by atoms with van der Waals surface area (Å²) in [5.74, 6) is 2.39. The lowest BCUT2D eigenvalue weighted by atomic mass is 9.82. The summed E-state index contributed by atoms with van der Waals surface area (Å²) in [6.45, 7) is 4.30. The number of hydrogen-bond acceptors (Lipinski definition) is 2. The van der Waals surface area contributed by atoms with E-state index in [1.54, 1.807) is 0 Å². The Hall–Kier alpha value is -0.0800. The SMILES string of the molecule is CC1CCCC(CNCC(O)C2CC2)C1. The van der Waals surface area contributed by atoms with Gasteiger partial charge in [0.05, 0.1) is 6.10 Å². The third-order valence-electron chi connectivity index (χ3n) is 4.00. The molecule has 0 aromatic carbocycles. The van der Waals surface area contributed by atoms with Crippen molar-refractivity contribution >= 4 is 0 Å². The van der Waals surface area contributed by atoms with Crippen LogP contribution in [0, 0.1) is 17.8 Å². The molecule has 0 aliphatic heterocycles. The largest absolute Gasteiger partial charge is 0.392 e. The summed E-state index contributed by atoms with van der Waals surface area (Å²) < 4.78 is 0. The molecule has 2 N–H and O–H groups in total. The van der Waals surface area contributed by atoms with E-state index in [0.29, 0.717) is 5.92 Å². The fourth-order valence-electron chi connectivity index (χ4n) is 2.83. The number of rotatable bonds is 5. The van der Waals surface area contributed by atoms with Crippen molar-refractivity contribution < 1.29 is 5.11 Å². The van der Waals surface area contributed by atoms with Gasteiger partial charge < -0.3 is 10.4 Å². The van der Waals surface area contributed by atoms with Crippen LogP contribution in [0.5, 0.6) is 0 Å². The Kier molecular flexibility index (Phi) is 4.04. The first-order chi connectivity index (χ1) is 7.25. The van der Waals surface area contributed by atoms with Gasteiger partial charge in [-0.05, 0) is 50.0 Å². The molecule has 3 unspecified atom stereocenters. The van der Waals surface area contributed by atoms with Crippen LogP contribution in [0.25, 0.3) is 0 Å². The fraction of sp³-hybridized carbons (Fsp3) is 1.00. The molecule has 0 aromatic rings. The molecule has 88 valence electrons. The summed E-state index contributed by atoms with van der Waals surface area (Å²) in [5, 5.41) is 13.2. The molecule has 0 radical (unpaired) electrons. The van der Waals surface area contributed by atoms with E-state index in [4.69, 9.17) is 0 Å². The van der Waals surface area contributed by atoms with Gasteiger partial charge in [0.1, 0.15) is 0 Å². The zero-order chi connectivity index (χ0) is 10.7. The predicted molar refractivity (Wildman–Crippen MR) is 62.7 cm³/mol. The van der Waals surface area contributed by atoms with E-state index in [0.717, 1.165) is 24.9 Å². The van der Waals surface area contributed by atoms with E-state index in [1.807, 2.05) is 0 Å². The highest BCUT2D eigenvalue weighted by Crippen LogP contribution is 2.32. The molecule has 0 amide bonds. The summed E-state index contributed by atoms with van der Waals surface area (Å²) in [6, 6.07) is 0. The first kappa shape index (κ1) is 11.4. The zero-order valence-electron chi connectivity index (χ0n) is 9.91. The average Bonchev–Trinajstić information content (AvgIpc) is 3.00. The van der Waals surface area contributed by atoms with Crippen LogP contribution in [-0.4, -0.2) is 24.3 Å². The highest BCUT2D eigenvalue weighted by atomic mass is 16.3. The van der Waals surface area contributed by atoms with Gasteiger partial charge in [-0.1, -0.05) is 19.8 Å². The van der Waals surface area contributed by atoms with Crippen molar-refractivity contribution in [3.63, 3.8) is 0 Å². The Morgan fingerprint density at radius 1 is 1.27 bits per heavy atom. The van der Waals surface area contributed by atoms with Gasteiger partial charge in [-0.15, -0.1) is 0 Å². The topological polar surface area (TPSA) is 32.3 Å². The lowest BCUT2D eigenvalue weighted by molar-refractivity contribution is 0.144. The van der Waals surface area contributed by atoms with Crippen LogP contribution in [0.1, 0.15) is 45.4 Å². The highest BCUT2D eigenvalue weighted by molar-refractivity contribution is 4.82. The van der Waals surface area contributed by atoms with E-state index < -0.39 is 0 Å². The first-order valence-electron chi connectivity index (χ1n) is 6.64. The van der Waals surface area contributed by atoms with Crippen LogP contribution in [0.2, 0.25) is 0 Å². The minimum atomic E-state index is -0.0778. The Morgan fingerprint density at radius 2 is 2.07 bits per heavy atom. The second-order valence-corrected chi connectivity index (χ2v) is 5.70. The maximum atomic E-state index is 9.71. The molecule has 2 aliphatic rings. The van der Waals surface area contributed by atoms with Crippen LogP contribution in [0.15, 0.2) is 0 Å². The van der Waals surface area contributed by atoms with Gasteiger partial charge in [0.2, 0.25) is 0 Å². The minimum absolute atomic E-state index is 0.0778. The quantitative estimate of drug-likeness (QED) is 0.730. The molecule has 2 aliphatic carbocycles. The van der Waals surface area contributed by atoms with Crippen LogP contribution < -0.4 is 5.32 Å². The predicted octanol–water partition coefficient (Wildman–Crippen LogP) is 2.17. The first-order valence-corrected chi connectivity index (χ1v) is 6.64. The Balaban J connectivity index is 1.56. The van der Waals surface area contributed by atoms with E-state index in [-0.39, 0.29) is 6.10 Å². The van der Waals surface area contributed by atoms with Gasteiger partial charge in [0, 0.05) is 6.54 Å². The molecule has 2 rings (SSSR count). The third kappa shape index (κ3) is 3.76. The number of hydrogen-bond donors (Lipinski definition) is 2. The lowest BCUT2D eigenvalue weighted by Crippen LogP contribution is -2.33. The number of nitrogens with one attached hydrogen (secondary N) is 1. The molecule has 0 aromatic heterocycles. The van der Waals surface area contributed by atoms with Crippen LogP contribution in [0.3, 0.4) is 0 Å².